The van der Waals surface area contributed by atoms with E-state index in [1.54, 1.807) is 24.3 Å². The number of benzene rings is 2. The van der Waals surface area contributed by atoms with Crippen LogP contribution in [0.2, 0.25) is 0 Å². The molecule has 0 unspecified atom stereocenters. The molecule has 0 atom stereocenters. The van der Waals surface area contributed by atoms with Crippen LogP contribution in [-0.4, -0.2) is 35.7 Å². The number of aliphatic hydroxyl groups is 1. The van der Waals surface area contributed by atoms with Crippen molar-refractivity contribution in [3.05, 3.63) is 93.9 Å². The van der Waals surface area contributed by atoms with Crippen LogP contribution in [0.15, 0.2) is 65.8 Å². The summed E-state index contributed by atoms with van der Waals surface area (Å²) in [6, 6.07) is 12.9. The highest BCUT2D eigenvalue weighted by atomic mass is 19.1. The fourth-order valence-corrected chi connectivity index (χ4v) is 4.38. The number of halogens is 1. The van der Waals surface area contributed by atoms with Gasteiger partial charge in [0, 0.05) is 17.1 Å². The lowest BCUT2D eigenvalue weighted by Gasteiger charge is -2.20. The second kappa shape index (κ2) is 10.8. The fraction of sp³-hybridized carbons (Fsp3) is 0.172. The summed E-state index contributed by atoms with van der Waals surface area (Å²) in [6.07, 6.45) is 3.01. The normalized spacial score (nSPS) is 11.3. The number of nitriles is 1. The summed E-state index contributed by atoms with van der Waals surface area (Å²) < 4.78 is 22.7. The minimum Gasteiger partial charge on any atom is -0.405 e. The van der Waals surface area contributed by atoms with Crippen molar-refractivity contribution in [2.45, 2.75) is 32.8 Å². The van der Waals surface area contributed by atoms with E-state index >= 15 is 4.39 Å². The van der Waals surface area contributed by atoms with Crippen molar-refractivity contribution in [2.75, 3.05) is 5.32 Å². The Bertz CT molecular complexity index is 1940. The average molecular weight is 569 g/mol. The quantitative estimate of drug-likeness (QED) is 0.274. The Morgan fingerprint density at radius 2 is 1.95 bits per heavy atom. The Morgan fingerprint density at radius 1 is 1.19 bits per heavy atom. The van der Waals surface area contributed by atoms with Crippen LogP contribution < -0.4 is 21.3 Å². The van der Waals surface area contributed by atoms with Gasteiger partial charge in [-0.3, -0.25) is 4.79 Å². The topological polar surface area (TPSA) is 174 Å². The number of carbonyl (C=O) groups is 1. The van der Waals surface area contributed by atoms with Gasteiger partial charge in [-0.05, 0) is 47.4 Å². The molecule has 0 spiro atoms. The van der Waals surface area contributed by atoms with Crippen LogP contribution in [0.4, 0.5) is 20.8 Å². The highest BCUT2D eigenvalue weighted by Gasteiger charge is 2.22. The Labute approximate surface area is 238 Å². The van der Waals surface area contributed by atoms with Gasteiger partial charge < -0.3 is 20.9 Å². The van der Waals surface area contributed by atoms with E-state index in [0.29, 0.717) is 22.5 Å². The maximum absolute atomic E-state index is 15.2. The maximum Gasteiger partial charge on any atom is 0.410 e. The van der Waals surface area contributed by atoms with Crippen LogP contribution in [0, 0.1) is 17.1 Å². The van der Waals surface area contributed by atoms with Gasteiger partial charge in [-0.2, -0.15) is 15.0 Å². The maximum atomic E-state index is 15.2. The molecule has 0 saturated heterocycles. The first kappa shape index (κ1) is 27.9. The van der Waals surface area contributed by atoms with Gasteiger partial charge >= 0.3 is 6.09 Å². The molecule has 3 aromatic heterocycles. The van der Waals surface area contributed by atoms with Crippen molar-refractivity contribution in [1.29, 1.82) is 5.26 Å². The van der Waals surface area contributed by atoms with Crippen LogP contribution in [0.1, 0.15) is 37.5 Å². The molecule has 0 aliphatic rings. The number of carbonyl (C=O) groups excluding carboxylic acids is 1. The van der Waals surface area contributed by atoms with Gasteiger partial charge in [0.1, 0.15) is 17.7 Å². The molecule has 0 aliphatic carbocycles. The monoisotopic (exact) mass is 568 g/mol. The summed E-state index contributed by atoms with van der Waals surface area (Å²) in [5, 5.41) is 31.2. The lowest BCUT2D eigenvalue weighted by Crippen LogP contribution is -2.24. The zero-order valence-corrected chi connectivity index (χ0v) is 22.8. The van der Waals surface area contributed by atoms with E-state index in [2.05, 4.69) is 20.5 Å². The second-order valence-corrected chi connectivity index (χ2v) is 10.3. The predicted molar refractivity (Wildman–Crippen MR) is 151 cm³/mol. The van der Waals surface area contributed by atoms with Crippen molar-refractivity contribution >= 4 is 28.5 Å². The molecule has 13 heteroatoms. The number of hydrogen-bond donors (Lipinski definition) is 3. The number of rotatable bonds is 6. The van der Waals surface area contributed by atoms with Crippen LogP contribution >= 0.6 is 0 Å². The molecular formula is C29H25FN8O4. The number of aliphatic hydroxyl groups excluding tert-OH is 1. The van der Waals surface area contributed by atoms with Gasteiger partial charge in [0.25, 0.3) is 5.56 Å². The van der Waals surface area contributed by atoms with E-state index in [9.17, 15) is 14.7 Å². The number of anilines is 2. The molecule has 212 valence electrons. The van der Waals surface area contributed by atoms with E-state index in [0.717, 1.165) is 10.2 Å². The highest BCUT2D eigenvalue weighted by molar-refractivity contribution is 5.82. The molecule has 42 heavy (non-hydrogen) atoms. The first-order valence-corrected chi connectivity index (χ1v) is 12.7. The average Bonchev–Trinajstić information content (AvgIpc) is 3.33. The number of primary amides is 1. The number of nitrogens with two attached hydrogens (primary N) is 1. The second-order valence-electron chi connectivity index (χ2n) is 10.3. The largest absolute Gasteiger partial charge is 0.410 e. The van der Waals surface area contributed by atoms with Crippen molar-refractivity contribution in [1.82, 2.24) is 24.5 Å². The molecule has 0 saturated carbocycles. The number of nitrogens with zero attached hydrogens (tertiary/aromatic N) is 6. The number of pyridine rings is 1. The van der Waals surface area contributed by atoms with Crippen LogP contribution in [0.25, 0.3) is 22.1 Å². The number of nitrogens with one attached hydrogen (secondary N) is 1. The van der Waals surface area contributed by atoms with Crippen molar-refractivity contribution in [3.8, 4) is 23.2 Å². The Hall–Kier alpha value is -5.61. The van der Waals surface area contributed by atoms with Crippen LogP contribution in [-0.2, 0) is 12.0 Å². The third-order valence-electron chi connectivity index (χ3n) is 6.50. The molecule has 5 rings (SSSR count). The lowest BCUT2D eigenvalue weighted by atomic mass is 9.86. The SMILES string of the molecule is CC(C)(C)c1cc(F)c2c(=O)n(-c3cccc(-n4cc(OC(N)=O)c(Nc5ccc(C#N)cn5)n4)c3CO)ncc2c1. The predicted octanol–water partition coefficient (Wildman–Crippen LogP) is 3.97. The summed E-state index contributed by atoms with van der Waals surface area (Å²) in [5.41, 5.74) is 5.99. The van der Waals surface area contributed by atoms with E-state index in [1.165, 1.54) is 41.5 Å². The number of amides is 1. The van der Waals surface area contributed by atoms with Gasteiger partial charge in [-0.25, -0.2) is 18.9 Å². The van der Waals surface area contributed by atoms with Gasteiger partial charge in [0.15, 0.2) is 11.6 Å². The molecule has 0 fully saturated rings. The molecule has 0 bridgehead atoms. The Morgan fingerprint density at radius 3 is 2.60 bits per heavy atom. The third-order valence-corrected chi connectivity index (χ3v) is 6.50. The number of hydrogen-bond acceptors (Lipinski definition) is 9. The highest BCUT2D eigenvalue weighted by Crippen LogP contribution is 2.31. The van der Waals surface area contributed by atoms with Crippen molar-refractivity contribution in [3.63, 3.8) is 0 Å². The minimum atomic E-state index is -1.09. The molecule has 0 radical (unpaired) electrons. The van der Waals surface area contributed by atoms with Crippen molar-refractivity contribution in [2.24, 2.45) is 5.73 Å². The van der Waals surface area contributed by atoms with E-state index in [1.807, 2.05) is 26.8 Å². The third kappa shape index (κ3) is 5.26. The van der Waals surface area contributed by atoms with Crippen LogP contribution in [0.3, 0.4) is 0 Å². The summed E-state index contributed by atoms with van der Waals surface area (Å²) in [4.78, 5) is 29.2. The Balaban J connectivity index is 1.62. The lowest BCUT2D eigenvalue weighted by molar-refractivity contribution is 0.211. The first-order chi connectivity index (χ1) is 20.0. The summed E-state index contributed by atoms with van der Waals surface area (Å²) in [5.74, 6) is -0.375. The van der Waals surface area contributed by atoms with Gasteiger partial charge in [-0.15, -0.1) is 5.10 Å². The Kier molecular flexibility index (Phi) is 7.15. The standard InChI is InChI=1S/C29H25FN8O4/c1-29(2,3)18-9-17-13-34-38(27(40)25(17)20(30)10-18)22-6-4-5-21(19(22)15-39)37-14-23(42-28(32)41)26(36-37)35-24-8-7-16(11-31)12-33-24/h4-10,12-14,39H,15H2,1-3H3,(H2,32,41)(H,33,35,36). The van der Waals surface area contributed by atoms with Crippen molar-refractivity contribution < 1.29 is 19.0 Å². The molecular weight excluding hydrogens is 543 g/mol. The number of aromatic nitrogens is 5. The summed E-state index contributed by atoms with van der Waals surface area (Å²) in [6.45, 7) is 5.28. The molecule has 2 aromatic carbocycles. The zero-order valence-electron chi connectivity index (χ0n) is 22.8. The molecule has 12 nitrogen and oxygen atoms in total. The minimum absolute atomic E-state index is 0.0537. The molecule has 4 N–H and O–H groups in total. The van der Waals surface area contributed by atoms with E-state index in [-0.39, 0.29) is 33.6 Å². The number of fused-ring (bicyclic) bond motifs is 1. The fourth-order valence-electron chi connectivity index (χ4n) is 4.38. The van der Waals surface area contributed by atoms with Gasteiger partial charge in [0.05, 0.1) is 41.3 Å². The molecule has 3 heterocycles. The van der Waals surface area contributed by atoms with Crippen LogP contribution in [0.5, 0.6) is 5.75 Å². The van der Waals surface area contributed by atoms with E-state index in [4.69, 9.17) is 15.7 Å². The molecule has 1 amide bonds. The smallest absolute Gasteiger partial charge is 0.405 e. The summed E-state index contributed by atoms with van der Waals surface area (Å²) in [7, 11) is 0. The molecule has 0 aliphatic heterocycles. The zero-order chi connectivity index (χ0) is 30.2. The molecule has 5 aromatic rings. The van der Waals surface area contributed by atoms with Gasteiger partial charge in [0.2, 0.25) is 0 Å². The van der Waals surface area contributed by atoms with Gasteiger partial charge in [-0.1, -0.05) is 26.8 Å². The van der Waals surface area contributed by atoms with E-state index < -0.39 is 24.1 Å². The summed E-state index contributed by atoms with van der Waals surface area (Å²) >= 11 is 0. The number of ether oxygens (including phenoxy) is 1. The first-order valence-electron chi connectivity index (χ1n) is 12.7.